The Kier molecular flexibility index (Phi) is 3.91. The van der Waals surface area contributed by atoms with Crippen LogP contribution < -0.4 is 5.73 Å². The van der Waals surface area contributed by atoms with Crippen LogP contribution in [0.25, 0.3) is 0 Å². The summed E-state index contributed by atoms with van der Waals surface area (Å²) in [6.45, 7) is 7.68. The van der Waals surface area contributed by atoms with Gasteiger partial charge < -0.3 is 19.9 Å². The molecule has 0 radical (unpaired) electrons. The normalized spacial score (nSPS) is 33.5. The highest BCUT2D eigenvalue weighted by molar-refractivity contribution is 5.70. The molecule has 5 nitrogen and oxygen atoms in total. The van der Waals surface area contributed by atoms with Crippen LogP contribution in [0.2, 0.25) is 0 Å². The molecule has 1 aliphatic carbocycles. The number of carbonyl (C=O) groups is 1. The first-order valence-electron chi connectivity index (χ1n) is 6.91. The molecule has 0 bridgehead atoms. The van der Waals surface area contributed by atoms with Crippen LogP contribution in [0.4, 0.5) is 0 Å². The molecular weight excluding hydrogens is 246 g/mol. The largest absolute Gasteiger partial charge is 0.469 e. The predicted octanol–water partition coefficient (Wildman–Crippen LogP) is 1.30. The molecule has 1 heterocycles. The molecule has 3 atom stereocenters. The zero-order valence-electron chi connectivity index (χ0n) is 12.3. The van der Waals surface area contributed by atoms with Gasteiger partial charge in [0.05, 0.1) is 26.7 Å². The Hall–Kier alpha value is -0.650. The summed E-state index contributed by atoms with van der Waals surface area (Å²) in [6.07, 6.45) is 1.21. The van der Waals surface area contributed by atoms with Crippen LogP contribution in [-0.4, -0.2) is 38.1 Å². The summed E-state index contributed by atoms with van der Waals surface area (Å²) in [4.78, 5) is 11.3. The summed E-state index contributed by atoms with van der Waals surface area (Å²) in [5.74, 6) is -0.130. The number of esters is 1. The van der Waals surface area contributed by atoms with Crippen LogP contribution in [0, 0.1) is 17.3 Å². The molecule has 0 aromatic rings. The number of hydrogen-bond donors (Lipinski definition) is 1. The highest BCUT2D eigenvalue weighted by atomic mass is 16.7. The highest BCUT2D eigenvalue weighted by Gasteiger charge is 2.59. The Morgan fingerprint density at radius 2 is 1.95 bits per heavy atom. The van der Waals surface area contributed by atoms with Gasteiger partial charge in [0, 0.05) is 12.0 Å². The van der Waals surface area contributed by atoms with E-state index in [0.717, 1.165) is 6.42 Å². The maximum atomic E-state index is 11.3. The minimum absolute atomic E-state index is 0.00648. The van der Waals surface area contributed by atoms with E-state index in [4.69, 9.17) is 15.2 Å². The van der Waals surface area contributed by atoms with Gasteiger partial charge >= 0.3 is 5.97 Å². The molecule has 1 saturated carbocycles. The van der Waals surface area contributed by atoms with Gasteiger partial charge in [0.15, 0.2) is 5.79 Å². The molecule has 5 heteroatoms. The molecule has 19 heavy (non-hydrogen) atoms. The lowest BCUT2D eigenvalue weighted by molar-refractivity contribution is -0.255. The van der Waals surface area contributed by atoms with Crippen LogP contribution in [0.15, 0.2) is 0 Å². The standard InChI is InChI=1S/C14H25NO4/c1-13(2)9(10(15)8-12(16)17-4)7-11(13)14(3)18-5-6-19-14/h9-11H,5-8,15H2,1-4H3/t9-,10+,11-/m1/s1. The molecule has 2 fully saturated rings. The highest BCUT2D eigenvalue weighted by Crippen LogP contribution is 2.58. The Labute approximate surface area is 114 Å². The summed E-state index contributed by atoms with van der Waals surface area (Å²) >= 11 is 0. The first-order chi connectivity index (χ1) is 8.81. The van der Waals surface area contributed by atoms with Crippen molar-refractivity contribution in [3.05, 3.63) is 0 Å². The van der Waals surface area contributed by atoms with Gasteiger partial charge in [0.2, 0.25) is 0 Å². The molecule has 0 unspecified atom stereocenters. The monoisotopic (exact) mass is 271 g/mol. The fourth-order valence-corrected chi connectivity index (χ4v) is 3.73. The van der Waals surface area contributed by atoms with Gasteiger partial charge in [0.1, 0.15) is 0 Å². The lowest BCUT2D eigenvalue weighted by Crippen LogP contribution is -2.61. The summed E-state index contributed by atoms with van der Waals surface area (Å²) in [5, 5.41) is 0. The van der Waals surface area contributed by atoms with E-state index in [1.807, 2.05) is 6.92 Å². The minimum Gasteiger partial charge on any atom is -0.469 e. The van der Waals surface area contributed by atoms with E-state index in [0.29, 0.717) is 25.0 Å². The van der Waals surface area contributed by atoms with Gasteiger partial charge in [-0.1, -0.05) is 13.8 Å². The Morgan fingerprint density at radius 3 is 2.42 bits per heavy atom. The van der Waals surface area contributed by atoms with E-state index in [1.54, 1.807) is 0 Å². The third-order valence-electron chi connectivity index (χ3n) is 4.98. The molecule has 2 aliphatic rings. The maximum absolute atomic E-state index is 11.3. The van der Waals surface area contributed by atoms with E-state index in [1.165, 1.54) is 7.11 Å². The lowest BCUT2D eigenvalue weighted by atomic mass is 9.50. The lowest BCUT2D eigenvalue weighted by Gasteiger charge is -2.58. The third-order valence-corrected chi connectivity index (χ3v) is 4.98. The number of carbonyl (C=O) groups excluding carboxylic acids is 1. The Bertz CT molecular complexity index is 349. The molecule has 0 aromatic carbocycles. The van der Waals surface area contributed by atoms with Crippen molar-refractivity contribution in [1.29, 1.82) is 0 Å². The Morgan fingerprint density at radius 1 is 1.37 bits per heavy atom. The average Bonchev–Trinajstić information content (AvgIpc) is 2.74. The zero-order chi connectivity index (χ0) is 14.3. The molecule has 0 aromatic heterocycles. The summed E-state index contributed by atoms with van der Waals surface area (Å²) in [6, 6.07) is -0.163. The SMILES string of the molecule is COC(=O)C[C@H](N)[C@H]1C[C@@H](C2(C)OCCO2)C1(C)C. The average molecular weight is 271 g/mol. The van der Waals surface area contributed by atoms with E-state index in [-0.39, 0.29) is 23.8 Å². The van der Waals surface area contributed by atoms with Crippen molar-refractivity contribution in [1.82, 2.24) is 0 Å². The van der Waals surface area contributed by atoms with E-state index in [9.17, 15) is 4.79 Å². The van der Waals surface area contributed by atoms with Crippen LogP contribution >= 0.6 is 0 Å². The molecule has 2 N–H and O–H groups in total. The number of nitrogens with two attached hydrogens (primary N) is 1. The summed E-state index contributed by atoms with van der Waals surface area (Å²) < 4.78 is 16.2. The Balaban J connectivity index is 1.99. The third kappa shape index (κ3) is 2.51. The van der Waals surface area contributed by atoms with Gasteiger partial charge in [-0.3, -0.25) is 4.79 Å². The van der Waals surface area contributed by atoms with Crippen molar-refractivity contribution in [2.45, 2.75) is 45.4 Å². The topological polar surface area (TPSA) is 70.8 Å². The van der Waals surface area contributed by atoms with Crippen LogP contribution in [-0.2, 0) is 19.0 Å². The van der Waals surface area contributed by atoms with Gasteiger partial charge in [0.25, 0.3) is 0 Å². The van der Waals surface area contributed by atoms with Gasteiger partial charge in [-0.2, -0.15) is 0 Å². The maximum Gasteiger partial charge on any atom is 0.307 e. The molecule has 0 spiro atoms. The fourth-order valence-electron chi connectivity index (χ4n) is 3.73. The number of ether oxygens (including phenoxy) is 3. The molecule has 0 amide bonds. The summed E-state index contributed by atoms with van der Waals surface area (Å²) in [7, 11) is 1.39. The molecule has 2 rings (SSSR count). The van der Waals surface area contributed by atoms with Crippen LogP contribution in [0.3, 0.4) is 0 Å². The van der Waals surface area contributed by atoms with Crippen molar-refractivity contribution < 1.29 is 19.0 Å². The van der Waals surface area contributed by atoms with Gasteiger partial charge in [-0.15, -0.1) is 0 Å². The van der Waals surface area contributed by atoms with Crippen molar-refractivity contribution in [2.75, 3.05) is 20.3 Å². The molecule has 110 valence electrons. The van der Waals surface area contributed by atoms with Crippen molar-refractivity contribution in [2.24, 2.45) is 23.0 Å². The second-order valence-electron chi connectivity index (χ2n) is 6.37. The zero-order valence-corrected chi connectivity index (χ0v) is 12.3. The van der Waals surface area contributed by atoms with Crippen LogP contribution in [0.5, 0.6) is 0 Å². The second kappa shape index (κ2) is 5.04. The number of hydrogen-bond acceptors (Lipinski definition) is 5. The van der Waals surface area contributed by atoms with Gasteiger partial charge in [-0.05, 0) is 24.7 Å². The van der Waals surface area contributed by atoms with Crippen molar-refractivity contribution in [3.8, 4) is 0 Å². The molecule has 1 aliphatic heterocycles. The fraction of sp³-hybridized carbons (Fsp3) is 0.929. The van der Waals surface area contributed by atoms with E-state index < -0.39 is 5.79 Å². The smallest absolute Gasteiger partial charge is 0.307 e. The second-order valence-corrected chi connectivity index (χ2v) is 6.37. The van der Waals surface area contributed by atoms with Crippen LogP contribution in [0.1, 0.15) is 33.6 Å². The molecule has 1 saturated heterocycles. The molecular formula is C14H25NO4. The van der Waals surface area contributed by atoms with Crippen molar-refractivity contribution >= 4 is 5.97 Å². The minimum atomic E-state index is -0.495. The number of rotatable bonds is 4. The predicted molar refractivity (Wildman–Crippen MR) is 70.3 cm³/mol. The summed E-state index contributed by atoms with van der Waals surface area (Å²) in [5.41, 5.74) is 6.16. The van der Waals surface area contributed by atoms with Crippen molar-refractivity contribution in [3.63, 3.8) is 0 Å². The first-order valence-corrected chi connectivity index (χ1v) is 6.91. The number of methoxy groups -OCH3 is 1. The van der Waals surface area contributed by atoms with E-state index in [2.05, 4.69) is 18.6 Å². The van der Waals surface area contributed by atoms with Gasteiger partial charge in [-0.25, -0.2) is 0 Å². The first kappa shape index (κ1) is 14.8. The van der Waals surface area contributed by atoms with E-state index >= 15 is 0 Å². The quantitative estimate of drug-likeness (QED) is 0.780.